The Bertz CT molecular complexity index is 361. The average Bonchev–Trinajstić information content (AvgIpc) is 2.74. The molecular formula is C12H19N3O. The lowest BCUT2D eigenvalue weighted by Gasteiger charge is -2.23. The lowest BCUT2D eigenvalue weighted by atomic mass is 10.2. The summed E-state index contributed by atoms with van der Waals surface area (Å²) < 4.78 is 5.60. The van der Waals surface area contributed by atoms with Crippen LogP contribution in [0.1, 0.15) is 18.4 Å². The third kappa shape index (κ3) is 2.27. The van der Waals surface area contributed by atoms with Crippen molar-refractivity contribution >= 4 is 11.5 Å². The molecule has 2 heterocycles. The van der Waals surface area contributed by atoms with E-state index in [4.69, 9.17) is 10.5 Å². The Kier molecular flexibility index (Phi) is 3.29. The fourth-order valence-corrected chi connectivity index (χ4v) is 2.04. The zero-order valence-electron chi connectivity index (χ0n) is 9.94. The SMILES string of the molecule is Cc1ccnc(N(C)CC2CCCO2)c1N. The molecule has 0 bridgehead atoms. The molecule has 1 aliphatic heterocycles. The van der Waals surface area contributed by atoms with Crippen LogP contribution in [-0.4, -0.2) is 31.3 Å². The lowest BCUT2D eigenvalue weighted by Crippen LogP contribution is -2.29. The van der Waals surface area contributed by atoms with Gasteiger partial charge in [0.05, 0.1) is 11.8 Å². The predicted octanol–water partition coefficient (Wildman–Crippen LogP) is 1.59. The summed E-state index contributed by atoms with van der Waals surface area (Å²) in [5.74, 6) is 0.857. The second-order valence-corrected chi connectivity index (χ2v) is 4.38. The number of hydrogen-bond acceptors (Lipinski definition) is 4. The smallest absolute Gasteiger partial charge is 0.151 e. The van der Waals surface area contributed by atoms with Crippen LogP contribution in [0.25, 0.3) is 0 Å². The van der Waals surface area contributed by atoms with Gasteiger partial charge in [-0.25, -0.2) is 4.98 Å². The standard InChI is InChI=1S/C12H19N3O/c1-9-5-6-14-12(11(9)13)15(2)8-10-4-3-7-16-10/h5-6,10H,3-4,7-8,13H2,1-2H3. The van der Waals surface area contributed by atoms with Crippen molar-refractivity contribution < 1.29 is 4.74 Å². The number of pyridine rings is 1. The molecule has 0 radical (unpaired) electrons. The summed E-state index contributed by atoms with van der Waals surface area (Å²) in [6.45, 7) is 3.75. The second-order valence-electron chi connectivity index (χ2n) is 4.38. The summed E-state index contributed by atoms with van der Waals surface area (Å²) in [4.78, 5) is 6.41. The molecule has 1 aromatic heterocycles. The van der Waals surface area contributed by atoms with E-state index < -0.39 is 0 Å². The van der Waals surface area contributed by atoms with E-state index in [2.05, 4.69) is 9.88 Å². The van der Waals surface area contributed by atoms with Crippen molar-refractivity contribution in [2.75, 3.05) is 30.8 Å². The minimum atomic E-state index is 0.326. The Morgan fingerprint density at radius 2 is 2.44 bits per heavy atom. The van der Waals surface area contributed by atoms with Crippen LogP contribution >= 0.6 is 0 Å². The lowest BCUT2D eigenvalue weighted by molar-refractivity contribution is 0.116. The van der Waals surface area contributed by atoms with Crippen LogP contribution in [0.15, 0.2) is 12.3 Å². The first-order valence-corrected chi connectivity index (χ1v) is 5.72. The highest BCUT2D eigenvalue weighted by atomic mass is 16.5. The Hall–Kier alpha value is -1.29. The van der Waals surface area contributed by atoms with Gasteiger partial charge in [0.1, 0.15) is 0 Å². The number of likely N-dealkylation sites (N-methyl/N-ethyl adjacent to an activating group) is 1. The van der Waals surface area contributed by atoms with Crippen LogP contribution in [0.4, 0.5) is 11.5 Å². The van der Waals surface area contributed by atoms with Crippen molar-refractivity contribution in [2.24, 2.45) is 0 Å². The van der Waals surface area contributed by atoms with Gasteiger partial charge in [-0.15, -0.1) is 0 Å². The van der Waals surface area contributed by atoms with Gasteiger partial charge in [-0.1, -0.05) is 0 Å². The van der Waals surface area contributed by atoms with Gasteiger partial charge in [-0.2, -0.15) is 0 Å². The monoisotopic (exact) mass is 221 g/mol. The van der Waals surface area contributed by atoms with E-state index in [1.165, 1.54) is 0 Å². The topological polar surface area (TPSA) is 51.4 Å². The molecule has 16 heavy (non-hydrogen) atoms. The molecule has 1 fully saturated rings. The molecule has 0 saturated carbocycles. The minimum Gasteiger partial charge on any atom is -0.396 e. The number of nitrogen functional groups attached to an aromatic ring is 1. The Morgan fingerprint density at radius 3 is 3.12 bits per heavy atom. The van der Waals surface area contributed by atoms with Gasteiger partial charge in [0.2, 0.25) is 0 Å². The van der Waals surface area contributed by atoms with E-state index in [1.54, 1.807) is 6.20 Å². The Balaban J connectivity index is 2.07. The van der Waals surface area contributed by atoms with Gasteiger partial charge in [0.15, 0.2) is 5.82 Å². The highest BCUT2D eigenvalue weighted by Gasteiger charge is 2.19. The van der Waals surface area contributed by atoms with Crippen LogP contribution in [0.5, 0.6) is 0 Å². The maximum Gasteiger partial charge on any atom is 0.151 e. The number of anilines is 2. The first-order valence-electron chi connectivity index (χ1n) is 5.72. The molecule has 1 saturated heterocycles. The summed E-state index contributed by atoms with van der Waals surface area (Å²) in [7, 11) is 2.01. The summed E-state index contributed by atoms with van der Waals surface area (Å²) in [6, 6.07) is 1.93. The molecule has 4 nitrogen and oxygen atoms in total. The second kappa shape index (κ2) is 4.70. The number of nitrogens with zero attached hydrogens (tertiary/aromatic N) is 2. The maximum atomic E-state index is 6.01. The highest BCUT2D eigenvalue weighted by Crippen LogP contribution is 2.23. The zero-order valence-corrected chi connectivity index (χ0v) is 9.94. The molecule has 1 atom stereocenters. The first-order chi connectivity index (χ1) is 7.68. The molecule has 0 aromatic carbocycles. The molecule has 2 rings (SSSR count). The van der Waals surface area contributed by atoms with Gasteiger partial charge >= 0.3 is 0 Å². The summed E-state index contributed by atoms with van der Waals surface area (Å²) in [5.41, 5.74) is 7.85. The van der Waals surface area contributed by atoms with Gasteiger partial charge in [0, 0.05) is 26.4 Å². The molecule has 0 aliphatic carbocycles. The normalized spacial score (nSPS) is 20.0. The predicted molar refractivity (Wildman–Crippen MR) is 65.6 cm³/mol. The van der Waals surface area contributed by atoms with E-state index in [0.29, 0.717) is 6.10 Å². The van der Waals surface area contributed by atoms with Crippen molar-refractivity contribution in [3.8, 4) is 0 Å². The largest absolute Gasteiger partial charge is 0.396 e. The van der Waals surface area contributed by atoms with Gasteiger partial charge in [0.25, 0.3) is 0 Å². The van der Waals surface area contributed by atoms with Crippen molar-refractivity contribution in [2.45, 2.75) is 25.9 Å². The maximum absolute atomic E-state index is 6.01. The molecule has 88 valence electrons. The molecule has 0 spiro atoms. The van der Waals surface area contributed by atoms with Crippen LogP contribution in [0.2, 0.25) is 0 Å². The number of rotatable bonds is 3. The summed E-state index contributed by atoms with van der Waals surface area (Å²) in [5, 5.41) is 0. The molecule has 1 unspecified atom stereocenters. The number of ether oxygens (including phenoxy) is 1. The van der Waals surface area contributed by atoms with E-state index in [-0.39, 0.29) is 0 Å². The van der Waals surface area contributed by atoms with Gasteiger partial charge < -0.3 is 15.4 Å². The van der Waals surface area contributed by atoms with E-state index in [9.17, 15) is 0 Å². The fraction of sp³-hybridized carbons (Fsp3) is 0.583. The molecule has 1 aliphatic rings. The summed E-state index contributed by atoms with van der Waals surface area (Å²) in [6.07, 6.45) is 4.42. The molecule has 1 aromatic rings. The van der Waals surface area contributed by atoms with E-state index in [1.807, 2.05) is 20.0 Å². The third-order valence-electron chi connectivity index (χ3n) is 3.05. The first kappa shape index (κ1) is 11.2. The van der Waals surface area contributed by atoms with E-state index >= 15 is 0 Å². The highest BCUT2D eigenvalue weighted by molar-refractivity contribution is 5.66. The number of aryl methyl sites for hydroxylation is 1. The Morgan fingerprint density at radius 1 is 1.62 bits per heavy atom. The molecule has 4 heteroatoms. The quantitative estimate of drug-likeness (QED) is 0.842. The zero-order chi connectivity index (χ0) is 11.5. The van der Waals surface area contributed by atoms with Crippen molar-refractivity contribution in [3.05, 3.63) is 17.8 Å². The van der Waals surface area contributed by atoms with E-state index in [0.717, 1.165) is 43.1 Å². The molecule has 2 N–H and O–H groups in total. The molecule has 0 amide bonds. The average molecular weight is 221 g/mol. The molecular weight excluding hydrogens is 202 g/mol. The van der Waals surface area contributed by atoms with Crippen LogP contribution in [0.3, 0.4) is 0 Å². The number of aromatic nitrogens is 1. The van der Waals surface area contributed by atoms with Crippen molar-refractivity contribution in [1.82, 2.24) is 4.98 Å². The van der Waals surface area contributed by atoms with Gasteiger partial charge in [-0.05, 0) is 31.4 Å². The third-order valence-corrected chi connectivity index (χ3v) is 3.05. The number of nitrogens with two attached hydrogens (primary N) is 1. The van der Waals surface area contributed by atoms with Crippen LogP contribution < -0.4 is 10.6 Å². The number of hydrogen-bond donors (Lipinski definition) is 1. The fourth-order valence-electron chi connectivity index (χ4n) is 2.04. The summed E-state index contributed by atoms with van der Waals surface area (Å²) >= 11 is 0. The van der Waals surface area contributed by atoms with Crippen molar-refractivity contribution in [3.63, 3.8) is 0 Å². The van der Waals surface area contributed by atoms with Gasteiger partial charge in [-0.3, -0.25) is 0 Å². The van der Waals surface area contributed by atoms with Crippen LogP contribution in [0, 0.1) is 6.92 Å². The van der Waals surface area contributed by atoms with Crippen molar-refractivity contribution in [1.29, 1.82) is 0 Å². The minimum absolute atomic E-state index is 0.326. The Labute approximate surface area is 96.4 Å². The van der Waals surface area contributed by atoms with Crippen LogP contribution in [-0.2, 0) is 4.74 Å².